The van der Waals surface area contributed by atoms with Crippen molar-refractivity contribution in [3.8, 4) is 6.07 Å². The molecule has 0 aliphatic rings. The maximum absolute atomic E-state index is 8.73. The molecule has 0 bridgehead atoms. The van der Waals surface area contributed by atoms with Crippen molar-refractivity contribution < 1.29 is 4.52 Å². The quantitative estimate of drug-likeness (QED) is 0.813. The normalized spacial score (nSPS) is 10.6. The van der Waals surface area contributed by atoms with Gasteiger partial charge in [-0.3, -0.25) is 0 Å². The van der Waals surface area contributed by atoms with Crippen LogP contribution in [0.3, 0.4) is 0 Å². The Morgan fingerprint density at radius 1 is 1.26 bits per heavy atom. The molecular weight excluding hydrogens is 240 g/mol. The highest BCUT2D eigenvalue weighted by molar-refractivity contribution is 5.32. The van der Waals surface area contributed by atoms with E-state index in [2.05, 4.69) is 21.1 Å². The minimum absolute atomic E-state index is 0.598. The van der Waals surface area contributed by atoms with Crippen LogP contribution in [-0.2, 0) is 12.8 Å². The van der Waals surface area contributed by atoms with Gasteiger partial charge in [-0.15, -0.1) is 0 Å². The maximum atomic E-state index is 8.73. The lowest BCUT2D eigenvalue weighted by molar-refractivity contribution is 0.370. The number of nitriles is 1. The fraction of sp³-hybridized carbons (Fsp3) is 0.357. The van der Waals surface area contributed by atoms with Crippen molar-refractivity contribution in [3.63, 3.8) is 0 Å². The average Bonchev–Trinajstić information content (AvgIpc) is 2.85. The Labute approximate surface area is 112 Å². The molecular formula is C14H16N4O. The molecule has 98 valence electrons. The molecule has 0 spiro atoms. The predicted molar refractivity (Wildman–Crippen MR) is 70.5 cm³/mol. The Morgan fingerprint density at radius 3 is 2.63 bits per heavy atom. The molecule has 0 saturated heterocycles. The topological polar surface area (TPSA) is 66.0 Å². The lowest BCUT2D eigenvalue weighted by atomic mass is 10.1. The zero-order valence-corrected chi connectivity index (χ0v) is 11.1. The molecule has 0 saturated carbocycles. The van der Waals surface area contributed by atoms with Crippen molar-refractivity contribution >= 4 is 0 Å². The van der Waals surface area contributed by atoms with Gasteiger partial charge in [-0.1, -0.05) is 17.3 Å². The van der Waals surface area contributed by atoms with E-state index in [1.54, 1.807) is 12.1 Å². The molecule has 1 aromatic heterocycles. The van der Waals surface area contributed by atoms with Gasteiger partial charge < -0.3 is 9.42 Å². The second-order valence-corrected chi connectivity index (χ2v) is 4.64. The fourth-order valence-corrected chi connectivity index (χ4v) is 1.66. The van der Waals surface area contributed by atoms with Gasteiger partial charge in [0.25, 0.3) is 0 Å². The lowest BCUT2D eigenvalue weighted by Crippen LogP contribution is -2.15. The van der Waals surface area contributed by atoms with Gasteiger partial charge in [-0.05, 0) is 31.8 Å². The average molecular weight is 256 g/mol. The molecule has 5 nitrogen and oxygen atoms in total. The van der Waals surface area contributed by atoms with Crippen LogP contribution in [0, 0.1) is 11.3 Å². The van der Waals surface area contributed by atoms with Crippen molar-refractivity contribution in [3.05, 3.63) is 47.1 Å². The Kier molecular flexibility index (Phi) is 4.26. The molecule has 0 aliphatic heterocycles. The van der Waals surface area contributed by atoms with Crippen LogP contribution in [0.5, 0.6) is 0 Å². The monoisotopic (exact) mass is 256 g/mol. The van der Waals surface area contributed by atoms with E-state index in [0.717, 1.165) is 24.4 Å². The molecule has 0 aliphatic carbocycles. The van der Waals surface area contributed by atoms with Crippen LogP contribution in [0.1, 0.15) is 22.8 Å². The Hall–Kier alpha value is -2.19. The molecule has 5 heteroatoms. The van der Waals surface area contributed by atoms with Crippen molar-refractivity contribution in [1.82, 2.24) is 15.0 Å². The Bertz CT molecular complexity index is 566. The van der Waals surface area contributed by atoms with E-state index < -0.39 is 0 Å². The van der Waals surface area contributed by atoms with Crippen LogP contribution in [0.2, 0.25) is 0 Å². The first kappa shape index (κ1) is 13.2. The summed E-state index contributed by atoms with van der Waals surface area (Å²) in [5.74, 6) is 1.34. The van der Waals surface area contributed by atoms with Crippen molar-refractivity contribution in [1.29, 1.82) is 5.26 Å². The van der Waals surface area contributed by atoms with E-state index in [0.29, 0.717) is 17.9 Å². The summed E-state index contributed by atoms with van der Waals surface area (Å²) in [5.41, 5.74) is 1.71. The van der Waals surface area contributed by atoms with E-state index in [1.807, 2.05) is 26.2 Å². The number of nitrogens with zero attached hydrogens (tertiary/aromatic N) is 4. The number of aromatic nitrogens is 2. The third-order valence-corrected chi connectivity index (χ3v) is 2.73. The van der Waals surface area contributed by atoms with Gasteiger partial charge in [0.2, 0.25) is 5.89 Å². The second-order valence-electron chi connectivity index (χ2n) is 4.64. The van der Waals surface area contributed by atoms with Crippen LogP contribution >= 0.6 is 0 Å². The summed E-state index contributed by atoms with van der Waals surface area (Å²) in [4.78, 5) is 6.43. The summed E-state index contributed by atoms with van der Waals surface area (Å²) < 4.78 is 5.21. The molecule has 19 heavy (non-hydrogen) atoms. The van der Waals surface area contributed by atoms with Crippen LogP contribution in [-0.4, -0.2) is 35.7 Å². The number of likely N-dealkylation sites (N-methyl/N-ethyl adjacent to an activating group) is 1. The van der Waals surface area contributed by atoms with Gasteiger partial charge in [0, 0.05) is 13.0 Å². The van der Waals surface area contributed by atoms with E-state index in [4.69, 9.17) is 9.78 Å². The molecule has 0 radical (unpaired) electrons. The highest BCUT2D eigenvalue weighted by Crippen LogP contribution is 2.09. The van der Waals surface area contributed by atoms with Crippen LogP contribution in [0.15, 0.2) is 28.8 Å². The van der Waals surface area contributed by atoms with Crippen molar-refractivity contribution in [2.24, 2.45) is 0 Å². The molecule has 0 fully saturated rings. The number of hydrogen-bond donors (Lipinski definition) is 0. The van der Waals surface area contributed by atoms with Crippen LogP contribution < -0.4 is 0 Å². The molecule has 1 heterocycles. The highest BCUT2D eigenvalue weighted by atomic mass is 16.5. The van der Waals surface area contributed by atoms with Crippen molar-refractivity contribution in [2.75, 3.05) is 20.6 Å². The number of rotatable bonds is 5. The van der Waals surface area contributed by atoms with E-state index in [-0.39, 0.29) is 0 Å². The van der Waals surface area contributed by atoms with E-state index in [1.165, 1.54) is 0 Å². The van der Waals surface area contributed by atoms with Crippen molar-refractivity contribution in [2.45, 2.75) is 12.8 Å². The van der Waals surface area contributed by atoms with Gasteiger partial charge in [0.05, 0.1) is 18.1 Å². The standard InChI is InChI=1S/C14H16N4O/c1-18(2)8-7-13-16-14(19-17-13)9-11-3-5-12(10-15)6-4-11/h3-6H,7-9H2,1-2H3. The summed E-state index contributed by atoms with van der Waals surface area (Å²) in [6.07, 6.45) is 1.38. The molecule has 1 aromatic carbocycles. The molecule has 0 atom stereocenters. The summed E-state index contributed by atoms with van der Waals surface area (Å²) in [5, 5.41) is 12.7. The fourth-order valence-electron chi connectivity index (χ4n) is 1.66. The van der Waals surface area contributed by atoms with Gasteiger partial charge in [0.15, 0.2) is 5.82 Å². The first-order valence-electron chi connectivity index (χ1n) is 6.12. The summed E-state index contributed by atoms with van der Waals surface area (Å²) in [6.45, 7) is 0.899. The smallest absolute Gasteiger partial charge is 0.231 e. The molecule has 0 amide bonds. The second kappa shape index (κ2) is 6.12. The molecule has 0 N–H and O–H groups in total. The molecule has 2 aromatic rings. The summed E-state index contributed by atoms with van der Waals surface area (Å²) >= 11 is 0. The minimum Gasteiger partial charge on any atom is -0.339 e. The maximum Gasteiger partial charge on any atom is 0.231 e. The van der Waals surface area contributed by atoms with Crippen LogP contribution in [0.25, 0.3) is 0 Å². The Morgan fingerprint density at radius 2 is 2.00 bits per heavy atom. The van der Waals surface area contributed by atoms with Gasteiger partial charge in [0.1, 0.15) is 0 Å². The molecule has 2 rings (SSSR count). The SMILES string of the molecule is CN(C)CCc1noc(Cc2ccc(C#N)cc2)n1. The largest absolute Gasteiger partial charge is 0.339 e. The number of benzene rings is 1. The van der Waals surface area contributed by atoms with E-state index in [9.17, 15) is 0 Å². The van der Waals surface area contributed by atoms with Crippen LogP contribution in [0.4, 0.5) is 0 Å². The number of hydrogen-bond acceptors (Lipinski definition) is 5. The first-order valence-corrected chi connectivity index (χ1v) is 6.12. The minimum atomic E-state index is 0.598. The lowest BCUT2D eigenvalue weighted by Gasteiger charge is -2.05. The van der Waals surface area contributed by atoms with Gasteiger partial charge in [-0.25, -0.2) is 0 Å². The highest BCUT2D eigenvalue weighted by Gasteiger charge is 2.07. The third kappa shape index (κ3) is 3.90. The first-order chi connectivity index (χ1) is 9.17. The molecule has 0 unspecified atom stereocenters. The Balaban J connectivity index is 1.97. The summed E-state index contributed by atoms with van der Waals surface area (Å²) in [6, 6.07) is 9.48. The summed E-state index contributed by atoms with van der Waals surface area (Å²) in [7, 11) is 4.02. The van der Waals surface area contributed by atoms with E-state index >= 15 is 0 Å². The van der Waals surface area contributed by atoms with Gasteiger partial charge in [-0.2, -0.15) is 10.2 Å². The zero-order valence-electron chi connectivity index (χ0n) is 11.1. The zero-order chi connectivity index (χ0) is 13.7. The predicted octanol–water partition coefficient (Wildman–Crippen LogP) is 1.64. The third-order valence-electron chi connectivity index (χ3n) is 2.73. The van der Waals surface area contributed by atoms with Gasteiger partial charge >= 0.3 is 0 Å².